The van der Waals surface area contributed by atoms with E-state index in [-0.39, 0.29) is 6.04 Å². The quantitative estimate of drug-likeness (QED) is 0.756. The summed E-state index contributed by atoms with van der Waals surface area (Å²) in [4.78, 5) is 0. The monoisotopic (exact) mass is 293 g/mol. The highest BCUT2D eigenvalue weighted by atomic mass is 35.5. The Balaban J connectivity index is 2.27. The van der Waals surface area contributed by atoms with Gasteiger partial charge in [0.05, 0.1) is 10.7 Å². The minimum absolute atomic E-state index is 0.178. The Kier molecular flexibility index (Phi) is 4.38. The van der Waals surface area contributed by atoms with Crippen LogP contribution in [0.4, 0.5) is 5.69 Å². The minimum Gasteiger partial charge on any atom is -0.377 e. The van der Waals surface area contributed by atoms with Crippen molar-refractivity contribution in [3.8, 4) is 0 Å². The second-order valence-electron chi connectivity index (χ2n) is 4.80. The molecule has 0 radical (unpaired) electrons. The summed E-state index contributed by atoms with van der Waals surface area (Å²) >= 11 is 12.4. The van der Waals surface area contributed by atoms with Gasteiger partial charge in [-0.2, -0.15) is 0 Å². The second kappa shape index (κ2) is 5.85. The van der Waals surface area contributed by atoms with Crippen LogP contribution in [0.3, 0.4) is 0 Å². The number of hydrogen-bond acceptors (Lipinski definition) is 1. The molecule has 2 rings (SSSR count). The van der Waals surface area contributed by atoms with E-state index in [0.29, 0.717) is 5.02 Å². The van der Waals surface area contributed by atoms with Crippen LogP contribution in [0.15, 0.2) is 36.4 Å². The first kappa shape index (κ1) is 14.2. The van der Waals surface area contributed by atoms with Crippen molar-refractivity contribution in [2.45, 2.75) is 26.8 Å². The number of halogens is 2. The number of anilines is 1. The molecule has 1 N–H and O–H groups in total. The molecule has 1 unspecified atom stereocenters. The summed E-state index contributed by atoms with van der Waals surface area (Å²) in [5, 5.41) is 4.84. The van der Waals surface area contributed by atoms with Gasteiger partial charge in [0.15, 0.2) is 0 Å². The van der Waals surface area contributed by atoms with Gasteiger partial charge in [-0.3, -0.25) is 0 Å². The Hall–Kier alpha value is -1.18. The van der Waals surface area contributed by atoms with Crippen molar-refractivity contribution in [2.75, 3.05) is 5.32 Å². The highest BCUT2D eigenvalue weighted by Crippen LogP contribution is 2.31. The van der Waals surface area contributed by atoms with Crippen molar-refractivity contribution in [3.05, 3.63) is 63.1 Å². The third kappa shape index (κ3) is 3.23. The number of aryl methyl sites for hydroxylation is 2. The van der Waals surface area contributed by atoms with Crippen LogP contribution in [0.1, 0.15) is 29.7 Å². The van der Waals surface area contributed by atoms with Gasteiger partial charge < -0.3 is 5.32 Å². The maximum Gasteiger partial charge on any atom is 0.0641 e. The molecule has 0 bridgehead atoms. The molecule has 19 heavy (non-hydrogen) atoms. The van der Waals surface area contributed by atoms with Gasteiger partial charge in [-0.15, -0.1) is 0 Å². The van der Waals surface area contributed by atoms with E-state index >= 15 is 0 Å². The molecule has 0 aliphatic rings. The lowest BCUT2D eigenvalue weighted by Crippen LogP contribution is -2.08. The predicted octanol–water partition coefficient (Wildman–Crippen LogP) is 5.78. The minimum atomic E-state index is 0.178. The van der Waals surface area contributed by atoms with Crippen molar-refractivity contribution < 1.29 is 0 Å². The second-order valence-corrected chi connectivity index (χ2v) is 5.62. The highest BCUT2D eigenvalue weighted by Gasteiger charge is 2.11. The average Bonchev–Trinajstić information content (AvgIpc) is 2.36. The Morgan fingerprint density at radius 3 is 2.32 bits per heavy atom. The Morgan fingerprint density at radius 1 is 0.947 bits per heavy atom. The van der Waals surface area contributed by atoms with Gasteiger partial charge in [-0.1, -0.05) is 47.5 Å². The largest absolute Gasteiger partial charge is 0.377 e. The number of hydrogen-bond donors (Lipinski definition) is 1. The molecule has 2 aromatic carbocycles. The van der Waals surface area contributed by atoms with Crippen LogP contribution in [0.25, 0.3) is 0 Å². The Bertz CT molecular complexity index is 593. The van der Waals surface area contributed by atoms with E-state index in [1.807, 2.05) is 31.2 Å². The van der Waals surface area contributed by atoms with E-state index in [1.54, 1.807) is 0 Å². The van der Waals surface area contributed by atoms with Crippen LogP contribution in [0.5, 0.6) is 0 Å². The summed E-state index contributed by atoms with van der Waals surface area (Å²) in [7, 11) is 0. The van der Waals surface area contributed by atoms with Crippen LogP contribution in [0.2, 0.25) is 10.0 Å². The molecule has 0 spiro atoms. The van der Waals surface area contributed by atoms with Crippen LogP contribution in [-0.2, 0) is 0 Å². The highest BCUT2D eigenvalue weighted by molar-refractivity contribution is 6.35. The fourth-order valence-corrected chi connectivity index (χ4v) is 2.58. The van der Waals surface area contributed by atoms with Gasteiger partial charge in [0.2, 0.25) is 0 Å². The molecule has 0 heterocycles. The smallest absolute Gasteiger partial charge is 0.0641 e. The first-order valence-electron chi connectivity index (χ1n) is 6.26. The molecule has 2 aromatic rings. The molecule has 0 saturated carbocycles. The normalized spacial score (nSPS) is 12.3. The van der Waals surface area contributed by atoms with Crippen molar-refractivity contribution in [1.82, 2.24) is 0 Å². The summed E-state index contributed by atoms with van der Waals surface area (Å²) in [6.07, 6.45) is 0. The topological polar surface area (TPSA) is 12.0 Å². The van der Waals surface area contributed by atoms with Crippen LogP contribution in [0, 0.1) is 13.8 Å². The van der Waals surface area contributed by atoms with E-state index < -0.39 is 0 Å². The van der Waals surface area contributed by atoms with E-state index in [1.165, 1.54) is 11.1 Å². The zero-order chi connectivity index (χ0) is 14.0. The van der Waals surface area contributed by atoms with E-state index in [0.717, 1.165) is 16.3 Å². The van der Waals surface area contributed by atoms with Crippen LogP contribution < -0.4 is 5.32 Å². The van der Waals surface area contributed by atoms with Gasteiger partial charge in [0.1, 0.15) is 0 Å². The summed E-state index contributed by atoms with van der Waals surface area (Å²) in [5.74, 6) is 0. The lowest BCUT2D eigenvalue weighted by Gasteiger charge is -2.19. The maximum absolute atomic E-state index is 6.25. The predicted molar refractivity (Wildman–Crippen MR) is 84.4 cm³/mol. The van der Waals surface area contributed by atoms with Gasteiger partial charge in [0, 0.05) is 11.1 Å². The van der Waals surface area contributed by atoms with E-state index in [2.05, 4.69) is 31.3 Å². The molecule has 100 valence electrons. The molecule has 0 aliphatic carbocycles. The maximum atomic E-state index is 6.25. The molecular weight excluding hydrogens is 277 g/mol. The first-order chi connectivity index (χ1) is 8.99. The van der Waals surface area contributed by atoms with E-state index in [9.17, 15) is 0 Å². The number of nitrogens with one attached hydrogen (secondary N) is 1. The Morgan fingerprint density at radius 2 is 1.63 bits per heavy atom. The van der Waals surface area contributed by atoms with E-state index in [4.69, 9.17) is 23.2 Å². The molecular formula is C16H17Cl2N. The zero-order valence-electron chi connectivity index (χ0n) is 11.3. The van der Waals surface area contributed by atoms with Crippen LogP contribution >= 0.6 is 23.2 Å². The summed E-state index contributed by atoms with van der Waals surface area (Å²) in [6, 6.07) is 12.3. The SMILES string of the molecule is Cc1cc(Cl)c(NC(C)c2ccccc2C)cc1Cl. The molecule has 0 amide bonds. The lowest BCUT2D eigenvalue weighted by molar-refractivity contribution is 0.874. The summed E-state index contributed by atoms with van der Waals surface area (Å²) in [6.45, 7) is 6.17. The third-order valence-electron chi connectivity index (χ3n) is 3.28. The van der Waals surface area contributed by atoms with Crippen molar-refractivity contribution in [2.24, 2.45) is 0 Å². The lowest BCUT2D eigenvalue weighted by atomic mass is 10.0. The average molecular weight is 294 g/mol. The Labute approximate surface area is 124 Å². The first-order valence-corrected chi connectivity index (χ1v) is 7.02. The van der Waals surface area contributed by atoms with Gasteiger partial charge in [-0.25, -0.2) is 0 Å². The molecule has 0 aromatic heterocycles. The third-order valence-corrected chi connectivity index (χ3v) is 4.00. The molecule has 0 saturated heterocycles. The standard InChI is InChI=1S/C16H17Cl2N/c1-10-6-4-5-7-13(10)12(3)19-16-9-14(17)11(2)8-15(16)18/h4-9,12,19H,1-3H3. The molecule has 0 aliphatic heterocycles. The van der Waals surface area contributed by atoms with Crippen molar-refractivity contribution in [3.63, 3.8) is 0 Å². The summed E-state index contributed by atoms with van der Waals surface area (Å²) in [5.41, 5.74) is 4.38. The number of benzene rings is 2. The van der Waals surface area contributed by atoms with Gasteiger partial charge >= 0.3 is 0 Å². The molecule has 1 nitrogen and oxygen atoms in total. The van der Waals surface area contributed by atoms with Gasteiger partial charge in [0.25, 0.3) is 0 Å². The molecule has 0 fully saturated rings. The zero-order valence-corrected chi connectivity index (χ0v) is 12.8. The summed E-state index contributed by atoms with van der Waals surface area (Å²) < 4.78 is 0. The van der Waals surface area contributed by atoms with Gasteiger partial charge in [-0.05, 0) is 49.6 Å². The number of rotatable bonds is 3. The van der Waals surface area contributed by atoms with Crippen molar-refractivity contribution in [1.29, 1.82) is 0 Å². The fraction of sp³-hybridized carbons (Fsp3) is 0.250. The van der Waals surface area contributed by atoms with Crippen molar-refractivity contribution >= 4 is 28.9 Å². The van der Waals surface area contributed by atoms with Crippen LogP contribution in [-0.4, -0.2) is 0 Å². The fourth-order valence-electron chi connectivity index (χ4n) is 2.14. The molecule has 3 heteroatoms. The molecule has 1 atom stereocenters.